The molecule has 0 bridgehead atoms. The average Bonchev–Trinajstić information content (AvgIpc) is 2.72. The summed E-state index contributed by atoms with van der Waals surface area (Å²) in [4.78, 5) is 14.0. The predicted octanol–water partition coefficient (Wildman–Crippen LogP) is 2.13. The summed E-state index contributed by atoms with van der Waals surface area (Å²) in [5.74, 6) is 0. The Hall–Kier alpha value is -0.810. The number of carbonyl (C=O) groups excluding carboxylic acids is 1. The number of carbonyl (C=O) groups is 1. The Morgan fingerprint density at radius 1 is 1.40 bits per heavy atom. The van der Waals surface area contributed by atoms with E-state index in [9.17, 15) is 9.90 Å². The Morgan fingerprint density at radius 2 is 2.00 bits per heavy atom. The summed E-state index contributed by atoms with van der Waals surface area (Å²) in [5, 5.41) is 13.1. The van der Waals surface area contributed by atoms with Crippen molar-refractivity contribution in [3.05, 3.63) is 0 Å². The van der Waals surface area contributed by atoms with E-state index in [1.807, 2.05) is 34.6 Å². The molecule has 0 aromatic heterocycles. The maximum absolute atomic E-state index is 12.2. The molecule has 5 heteroatoms. The van der Waals surface area contributed by atoms with E-state index in [0.29, 0.717) is 6.54 Å². The second kappa shape index (κ2) is 6.31. The fraction of sp³-hybridized carbons (Fsp3) is 0.933. The van der Waals surface area contributed by atoms with Gasteiger partial charge < -0.3 is 20.1 Å². The molecule has 118 valence electrons. The first-order valence-electron chi connectivity index (χ1n) is 7.45. The van der Waals surface area contributed by atoms with Crippen molar-refractivity contribution in [2.75, 3.05) is 13.1 Å². The Labute approximate surface area is 122 Å². The van der Waals surface area contributed by atoms with Crippen LogP contribution in [0.15, 0.2) is 0 Å². The molecular formula is C15H30N2O3. The van der Waals surface area contributed by atoms with Crippen molar-refractivity contribution in [3.8, 4) is 0 Å². The van der Waals surface area contributed by atoms with Crippen molar-refractivity contribution in [1.29, 1.82) is 0 Å². The quantitative estimate of drug-likeness (QED) is 0.831. The lowest BCUT2D eigenvalue weighted by Gasteiger charge is -2.34. The number of likely N-dealkylation sites (tertiary alicyclic amines) is 1. The fourth-order valence-corrected chi connectivity index (χ4v) is 2.14. The van der Waals surface area contributed by atoms with Gasteiger partial charge in [0.25, 0.3) is 0 Å². The molecule has 0 aliphatic carbocycles. The molecule has 1 heterocycles. The van der Waals surface area contributed by atoms with E-state index in [1.54, 1.807) is 11.8 Å². The first kappa shape index (κ1) is 17.2. The van der Waals surface area contributed by atoms with Crippen LogP contribution in [0.2, 0.25) is 0 Å². The lowest BCUT2D eigenvalue weighted by atomic mass is 9.98. The van der Waals surface area contributed by atoms with Crippen LogP contribution in [-0.4, -0.2) is 52.5 Å². The fourth-order valence-electron chi connectivity index (χ4n) is 2.14. The van der Waals surface area contributed by atoms with Crippen LogP contribution in [0.1, 0.15) is 54.4 Å². The first-order valence-corrected chi connectivity index (χ1v) is 7.45. The minimum absolute atomic E-state index is 0.142. The second-order valence-corrected chi connectivity index (χ2v) is 7.25. The third-order valence-corrected chi connectivity index (χ3v) is 3.84. The molecule has 0 saturated carbocycles. The molecule has 1 fully saturated rings. The van der Waals surface area contributed by atoms with E-state index >= 15 is 0 Å². The second-order valence-electron chi connectivity index (χ2n) is 7.25. The highest BCUT2D eigenvalue weighted by Crippen LogP contribution is 2.21. The lowest BCUT2D eigenvalue weighted by Crippen LogP contribution is -2.53. The van der Waals surface area contributed by atoms with Crippen molar-refractivity contribution in [1.82, 2.24) is 10.2 Å². The summed E-state index contributed by atoms with van der Waals surface area (Å²) in [6.45, 7) is 12.8. The largest absolute Gasteiger partial charge is 0.444 e. The van der Waals surface area contributed by atoms with Gasteiger partial charge in [-0.15, -0.1) is 0 Å². The maximum atomic E-state index is 12.2. The summed E-state index contributed by atoms with van der Waals surface area (Å²) in [6, 6.07) is 0.142. The highest BCUT2D eigenvalue weighted by Gasteiger charge is 2.33. The molecule has 20 heavy (non-hydrogen) atoms. The van der Waals surface area contributed by atoms with Crippen molar-refractivity contribution in [2.24, 2.45) is 0 Å². The van der Waals surface area contributed by atoms with Gasteiger partial charge in [-0.2, -0.15) is 0 Å². The number of hydrogen-bond donors (Lipinski definition) is 2. The maximum Gasteiger partial charge on any atom is 0.410 e. The van der Waals surface area contributed by atoms with Gasteiger partial charge in [0.05, 0.1) is 6.10 Å². The zero-order valence-corrected chi connectivity index (χ0v) is 13.7. The van der Waals surface area contributed by atoms with Gasteiger partial charge in [0, 0.05) is 24.7 Å². The van der Waals surface area contributed by atoms with Gasteiger partial charge in [-0.25, -0.2) is 4.79 Å². The van der Waals surface area contributed by atoms with Crippen LogP contribution in [0.4, 0.5) is 4.79 Å². The minimum Gasteiger partial charge on any atom is -0.444 e. The van der Waals surface area contributed by atoms with E-state index in [-0.39, 0.29) is 17.7 Å². The molecule has 2 atom stereocenters. The number of amides is 1. The zero-order valence-electron chi connectivity index (χ0n) is 13.7. The molecule has 5 nitrogen and oxygen atoms in total. The SMILES string of the molecule is CC(O)C(C)(C)NCC1CCCN1C(=O)OC(C)(C)C. The number of nitrogens with zero attached hydrogens (tertiary/aromatic N) is 1. The molecule has 0 aromatic rings. The highest BCUT2D eigenvalue weighted by molar-refractivity contribution is 5.69. The molecule has 0 aromatic carbocycles. The summed E-state index contributed by atoms with van der Waals surface area (Å²) in [5.41, 5.74) is -0.821. The topological polar surface area (TPSA) is 61.8 Å². The van der Waals surface area contributed by atoms with Crippen molar-refractivity contribution >= 4 is 6.09 Å². The smallest absolute Gasteiger partial charge is 0.410 e. The number of ether oxygens (including phenoxy) is 1. The number of nitrogens with one attached hydrogen (secondary N) is 1. The molecule has 1 saturated heterocycles. The molecule has 1 amide bonds. The van der Waals surface area contributed by atoms with Crippen molar-refractivity contribution < 1.29 is 14.6 Å². The van der Waals surface area contributed by atoms with E-state index in [1.165, 1.54) is 0 Å². The van der Waals surface area contributed by atoms with Crippen molar-refractivity contribution in [3.63, 3.8) is 0 Å². The van der Waals surface area contributed by atoms with Gasteiger partial charge in [0.2, 0.25) is 0 Å². The van der Waals surface area contributed by atoms with E-state index in [0.717, 1.165) is 19.4 Å². The Bertz CT molecular complexity index is 335. The first-order chi connectivity index (χ1) is 9.03. The van der Waals surface area contributed by atoms with Crippen LogP contribution in [-0.2, 0) is 4.74 Å². The van der Waals surface area contributed by atoms with E-state index < -0.39 is 11.7 Å². The number of rotatable bonds is 4. The van der Waals surface area contributed by atoms with Gasteiger partial charge in [-0.1, -0.05) is 0 Å². The molecule has 2 unspecified atom stereocenters. The van der Waals surface area contributed by atoms with Gasteiger partial charge in [0.15, 0.2) is 0 Å². The standard InChI is InChI=1S/C15H30N2O3/c1-11(18)15(5,6)16-10-12-8-7-9-17(12)13(19)20-14(2,3)4/h11-12,16,18H,7-10H2,1-6H3. The van der Waals surface area contributed by atoms with Crippen LogP contribution < -0.4 is 5.32 Å². The summed E-state index contributed by atoms with van der Waals surface area (Å²) in [6.07, 6.45) is 1.29. The molecule has 2 N–H and O–H groups in total. The summed E-state index contributed by atoms with van der Waals surface area (Å²) >= 11 is 0. The van der Waals surface area contributed by atoms with E-state index in [2.05, 4.69) is 5.32 Å². The van der Waals surface area contributed by atoms with Crippen LogP contribution in [0.5, 0.6) is 0 Å². The Balaban J connectivity index is 2.56. The van der Waals surface area contributed by atoms with Crippen molar-refractivity contribution in [2.45, 2.75) is 77.7 Å². The Kier molecular flexibility index (Phi) is 5.44. The van der Waals surface area contributed by atoms with Crippen LogP contribution in [0.3, 0.4) is 0 Å². The van der Waals surface area contributed by atoms with Crippen LogP contribution >= 0.6 is 0 Å². The monoisotopic (exact) mass is 286 g/mol. The molecule has 0 radical (unpaired) electrons. The third kappa shape index (κ3) is 4.94. The third-order valence-electron chi connectivity index (χ3n) is 3.84. The normalized spacial score (nSPS) is 21.9. The number of aliphatic hydroxyl groups excluding tert-OH is 1. The van der Waals surface area contributed by atoms with Gasteiger partial charge in [-0.05, 0) is 54.4 Å². The molecule has 1 aliphatic rings. The van der Waals surface area contributed by atoms with Gasteiger partial charge >= 0.3 is 6.09 Å². The van der Waals surface area contributed by atoms with Gasteiger partial charge in [0.1, 0.15) is 5.60 Å². The molecule has 1 aliphatic heterocycles. The van der Waals surface area contributed by atoms with Gasteiger partial charge in [-0.3, -0.25) is 0 Å². The molecule has 0 spiro atoms. The minimum atomic E-state index is -0.462. The van der Waals surface area contributed by atoms with Crippen LogP contribution in [0, 0.1) is 0 Å². The van der Waals surface area contributed by atoms with E-state index in [4.69, 9.17) is 4.74 Å². The number of aliphatic hydroxyl groups is 1. The highest BCUT2D eigenvalue weighted by atomic mass is 16.6. The number of hydrogen-bond acceptors (Lipinski definition) is 4. The molecular weight excluding hydrogens is 256 g/mol. The van der Waals surface area contributed by atoms with Crippen LogP contribution in [0.25, 0.3) is 0 Å². The zero-order chi connectivity index (χ0) is 15.6. The Morgan fingerprint density at radius 3 is 2.50 bits per heavy atom. The average molecular weight is 286 g/mol. The predicted molar refractivity (Wildman–Crippen MR) is 79.7 cm³/mol. The molecule has 1 rings (SSSR count). The summed E-state index contributed by atoms with van der Waals surface area (Å²) < 4.78 is 5.44. The summed E-state index contributed by atoms with van der Waals surface area (Å²) in [7, 11) is 0. The lowest BCUT2D eigenvalue weighted by molar-refractivity contribution is 0.0210.